The second-order valence-corrected chi connectivity index (χ2v) is 6.91. The third-order valence-electron chi connectivity index (χ3n) is 4.55. The zero-order valence-electron chi connectivity index (χ0n) is 17.2. The van der Waals surface area contributed by atoms with Gasteiger partial charge in [0.2, 0.25) is 5.95 Å². The Morgan fingerprint density at radius 3 is 2.61 bits per heavy atom. The van der Waals surface area contributed by atoms with Crippen LogP contribution in [0.15, 0.2) is 71.4 Å². The number of amides is 1. The molecule has 31 heavy (non-hydrogen) atoms. The summed E-state index contributed by atoms with van der Waals surface area (Å²) in [6, 6.07) is 18.7. The van der Waals surface area contributed by atoms with E-state index in [2.05, 4.69) is 15.4 Å². The number of benzene rings is 2. The second kappa shape index (κ2) is 9.17. The van der Waals surface area contributed by atoms with Crippen LogP contribution >= 0.6 is 0 Å². The minimum Gasteiger partial charge on any atom is -0.493 e. The van der Waals surface area contributed by atoms with Crippen LogP contribution < -0.4 is 14.8 Å². The monoisotopic (exact) mass is 418 g/mol. The van der Waals surface area contributed by atoms with Crippen molar-refractivity contribution >= 4 is 11.9 Å². The first-order valence-electron chi connectivity index (χ1n) is 9.71. The van der Waals surface area contributed by atoms with Gasteiger partial charge in [0.15, 0.2) is 17.3 Å². The molecule has 1 amide bonds. The molecule has 0 fully saturated rings. The van der Waals surface area contributed by atoms with Crippen LogP contribution in [0.5, 0.6) is 11.5 Å². The first-order valence-corrected chi connectivity index (χ1v) is 9.71. The molecule has 0 spiro atoms. The number of nitrogens with zero attached hydrogens (tertiary/aromatic N) is 3. The molecule has 4 aromatic rings. The first kappa shape index (κ1) is 20.2. The van der Waals surface area contributed by atoms with E-state index in [1.807, 2.05) is 43.3 Å². The molecule has 158 valence electrons. The standard InChI is InChI=1S/C23H22N4O4/c1-16-7-9-17(10-8-16)13-27-15-24-23(26-27)25-22(28)21-12-11-18(31-21)14-30-20-6-4-3-5-19(20)29-2/h3-12,15H,13-14H2,1-2H3,(H,25,26,28). The summed E-state index contributed by atoms with van der Waals surface area (Å²) >= 11 is 0. The molecule has 8 nitrogen and oxygen atoms in total. The lowest BCUT2D eigenvalue weighted by Crippen LogP contribution is -2.12. The largest absolute Gasteiger partial charge is 0.493 e. The molecule has 1 N–H and O–H groups in total. The quantitative estimate of drug-likeness (QED) is 0.464. The van der Waals surface area contributed by atoms with Crippen LogP contribution in [0, 0.1) is 6.92 Å². The molecule has 0 bridgehead atoms. The maximum atomic E-state index is 12.5. The van der Waals surface area contributed by atoms with E-state index in [1.165, 1.54) is 5.56 Å². The van der Waals surface area contributed by atoms with Crippen molar-refractivity contribution in [3.8, 4) is 11.5 Å². The van der Waals surface area contributed by atoms with Crippen molar-refractivity contribution in [2.24, 2.45) is 0 Å². The minimum atomic E-state index is -0.434. The molecule has 0 aliphatic heterocycles. The van der Waals surface area contributed by atoms with Crippen LogP contribution in [0.25, 0.3) is 0 Å². The summed E-state index contributed by atoms with van der Waals surface area (Å²) < 4.78 is 18.2. The third kappa shape index (κ3) is 5.11. The number of rotatable bonds is 8. The van der Waals surface area contributed by atoms with E-state index >= 15 is 0 Å². The Morgan fingerprint density at radius 2 is 1.84 bits per heavy atom. The summed E-state index contributed by atoms with van der Waals surface area (Å²) in [5.41, 5.74) is 2.29. The highest BCUT2D eigenvalue weighted by molar-refractivity contribution is 6.01. The van der Waals surface area contributed by atoms with Gasteiger partial charge in [-0.1, -0.05) is 42.0 Å². The minimum absolute atomic E-state index is 0.147. The fraction of sp³-hybridized carbons (Fsp3) is 0.174. The molecule has 2 heterocycles. The zero-order chi connectivity index (χ0) is 21.6. The summed E-state index contributed by atoms with van der Waals surface area (Å²) in [7, 11) is 1.58. The van der Waals surface area contributed by atoms with Gasteiger partial charge < -0.3 is 13.9 Å². The highest BCUT2D eigenvalue weighted by Gasteiger charge is 2.14. The molecule has 0 aliphatic rings. The van der Waals surface area contributed by atoms with E-state index in [9.17, 15) is 4.79 Å². The van der Waals surface area contributed by atoms with Gasteiger partial charge in [0.05, 0.1) is 13.7 Å². The Labute approximate surface area is 179 Å². The Bertz CT molecular complexity index is 1160. The molecular weight excluding hydrogens is 396 g/mol. The van der Waals surface area contributed by atoms with Crippen molar-refractivity contribution < 1.29 is 18.7 Å². The van der Waals surface area contributed by atoms with Crippen LogP contribution in [0.3, 0.4) is 0 Å². The average Bonchev–Trinajstić information content (AvgIpc) is 3.44. The highest BCUT2D eigenvalue weighted by Crippen LogP contribution is 2.26. The number of aromatic nitrogens is 3. The Morgan fingerprint density at radius 1 is 1.06 bits per heavy atom. The number of anilines is 1. The van der Waals surface area contributed by atoms with E-state index in [0.29, 0.717) is 23.8 Å². The molecule has 0 saturated heterocycles. The number of ether oxygens (including phenoxy) is 2. The number of aryl methyl sites for hydroxylation is 1. The van der Waals surface area contributed by atoms with Gasteiger partial charge in [-0.3, -0.25) is 10.1 Å². The van der Waals surface area contributed by atoms with Gasteiger partial charge in [0.25, 0.3) is 5.91 Å². The number of hydrogen-bond donors (Lipinski definition) is 1. The van der Waals surface area contributed by atoms with Crippen molar-refractivity contribution in [3.63, 3.8) is 0 Å². The van der Waals surface area contributed by atoms with Crippen LogP contribution in [0.2, 0.25) is 0 Å². The lowest BCUT2D eigenvalue weighted by Gasteiger charge is -2.08. The molecule has 8 heteroatoms. The number of carbonyl (C=O) groups excluding carboxylic acids is 1. The summed E-state index contributed by atoms with van der Waals surface area (Å²) in [6.45, 7) is 2.77. The fourth-order valence-electron chi connectivity index (χ4n) is 2.94. The van der Waals surface area contributed by atoms with Crippen LogP contribution in [-0.4, -0.2) is 27.8 Å². The predicted octanol–water partition coefficient (Wildman–Crippen LogP) is 4.07. The summed E-state index contributed by atoms with van der Waals surface area (Å²) in [5, 5.41) is 6.93. The maximum Gasteiger partial charge on any atom is 0.293 e. The Kier molecular flexibility index (Phi) is 5.98. The van der Waals surface area contributed by atoms with Gasteiger partial charge >= 0.3 is 0 Å². The van der Waals surface area contributed by atoms with E-state index < -0.39 is 5.91 Å². The van der Waals surface area contributed by atoms with Crippen molar-refractivity contribution in [2.45, 2.75) is 20.1 Å². The van der Waals surface area contributed by atoms with Crippen LogP contribution in [0.4, 0.5) is 5.95 Å². The van der Waals surface area contributed by atoms with Crippen LogP contribution in [0.1, 0.15) is 27.4 Å². The predicted molar refractivity (Wildman–Crippen MR) is 114 cm³/mol. The SMILES string of the molecule is COc1ccccc1OCc1ccc(C(=O)Nc2ncn(Cc3ccc(C)cc3)n2)o1. The number of furan rings is 1. The van der Waals surface area contributed by atoms with E-state index in [0.717, 1.165) is 5.56 Å². The molecule has 0 aliphatic carbocycles. The van der Waals surface area contributed by atoms with Crippen molar-refractivity contribution in [3.05, 3.63) is 89.6 Å². The molecule has 4 rings (SSSR count). The molecule has 2 aromatic carbocycles. The number of para-hydroxylation sites is 2. The number of methoxy groups -OCH3 is 1. The van der Waals surface area contributed by atoms with Gasteiger partial charge in [-0.15, -0.1) is 5.10 Å². The summed E-state index contributed by atoms with van der Waals surface area (Å²) in [4.78, 5) is 16.6. The zero-order valence-corrected chi connectivity index (χ0v) is 17.2. The van der Waals surface area contributed by atoms with Crippen molar-refractivity contribution in [1.29, 1.82) is 0 Å². The summed E-state index contributed by atoms with van der Waals surface area (Å²) in [5.74, 6) is 1.65. The lowest BCUT2D eigenvalue weighted by molar-refractivity contribution is 0.0991. The molecule has 0 radical (unpaired) electrons. The average molecular weight is 418 g/mol. The maximum absolute atomic E-state index is 12.5. The molecule has 2 aromatic heterocycles. The molecular formula is C23H22N4O4. The van der Waals surface area contributed by atoms with Crippen LogP contribution in [-0.2, 0) is 13.2 Å². The van der Waals surface area contributed by atoms with Gasteiger partial charge in [-0.25, -0.2) is 9.67 Å². The smallest absolute Gasteiger partial charge is 0.293 e. The van der Waals surface area contributed by atoms with Gasteiger partial charge in [-0.2, -0.15) is 0 Å². The molecule has 0 unspecified atom stereocenters. The van der Waals surface area contributed by atoms with Gasteiger partial charge in [-0.05, 0) is 36.8 Å². The fourth-order valence-corrected chi connectivity index (χ4v) is 2.94. The second-order valence-electron chi connectivity index (χ2n) is 6.91. The number of hydrogen-bond acceptors (Lipinski definition) is 6. The molecule has 0 atom stereocenters. The van der Waals surface area contributed by atoms with Crippen molar-refractivity contribution in [2.75, 3.05) is 12.4 Å². The van der Waals surface area contributed by atoms with Gasteiger partial charge in [0, 0.05) is 0 Å². The highest BCUT2D eigenvalue weighted by atomic mass is 16.5. The first-order chi connectivity index (χ1) is 15.1. The number of nitrogens with one attached hydrogen (secondary N) is 1. The van der Waals surface area contributed by atoms with Crippen molar-refractivity contribution in [1.82, 2.24) is 14.8 Å². The topological polar surface area (TPSA) is 91.4 Å². The summed E-state index contributed by atoms with van der Waals surface area (Å²) in [6.07, 6.45) is 1.57. The normalized spacial score (nSPS) is 10.6. The number of carbonyl (C=O) groups is 1. The van der Waals surface area contributed by atoms with E-state index in [4.69, 9.17) is 13.9 Å². The Balaban J connectivity index is 1.34. The third-order valence-corrected chi connectivity index (χ3v) is 4.55. The van der Waals surface area contributed by atoms with Gasteiger partial charge in [0.1, 0.15) is 18.7 Å². The molecule has 0 saturated carbocycles. The van der Waals surface area contributed by atoms with E-state index in [-0.39, 0.29) is 18.3 Å². The Hall–Kier alpha value is -4.07. The lowest BCUT2D eigenvalue weighted by atomic mass is 10.1. The van der Waals surface area contributed by atoms with E-state index in [1.54, 1.807) is 42.4 Å².